The maximum Gasteiger partial charge on any atom is 0.313 e. The van der Waals surface area contributed by atoms with Gasteiger partial charge in [0.25, 0.3) is 0 Å². The Bertz CT molecular complexity index is 1280. The number of fused-ring (bicyclic) bond motifs is 1. The average molecular weight is 470 g/mol. The number of ether oxygens (including phenoxy) is 2. The SMILES string of the molecule is COc1ccc(-c2cc(C(=O)N=Nc3c(O)[nH]c4ccc(Br)cc34)[nH]n2)cc1OC. The molecule has 0 spiro atoms. The number of rotatable bonds is 5. The molecule has 30 heavy (non-hydrogen) atoms. The van der Waals surface area contributed by atoms with Crippen molar-refractivity contribution < 1.29 is 19.4 Å². The van der Waals surface area contributed by atoms with E-state index in [0.29, 0.717) is 28.1 Å². The van der Waals surface area contributed by atoms with Crippen molar-refractivity contribution in [3.63, 3.8) is 0 Å². The Labute approximate surface area is 178 Å². The van der Waals surface area contributed by atoms with E-state index in [1.54, 1.807) is 50.6 Å². The Morgan fingerprint density at radius 3 is 2.67 bits per heavy atom. The second-order valence-corrected chi connectivity index (χ2v) is 7.17. The van der Waals surface area contributed by atoms with Gasteiger partial charge in [-0.15, -0.1) is 10.2 Å². The molecule has 0 aliphatic heterocycles. The number of methoxy groups -OCH3 is 2. The van der Waals surface area contributed by atoms with Gasteiger partial charge in [0, 0.05) is 15.4 Å². The van der Waals surface area contributed by atoms with Crippen LogP contribution in [0.5, 0.6) is 17.4 Å². The highest BCUT2D eigenvalue weighted by Gasteiger charge is 2.15. The lowest BCUT2D eigenvalue weighted by Crippen LogP contribution is -1.93. The number of aromatic hydroxyl groups is 1. The standard InChI is InChI=1S/C20H16BrN5O4/c1-29-16-6-3-10(7-17(16)30-2)14-9-15(24-23-14)19(27)26-25-18-12-8-11(21)4-5-13(12)22-20(18)28/h3-9,22,28H,1-2H3,(H,23,24). The number of aromatic amines is 2. The molecule has 0 aliphatic rings. The molecule has 2 aromatic carbocycles. The van der Waals surface area contributed by atoms with E-state index in [9.17, 15) is 9.90 Å². The summed E-state index contributed by atoms with van der Waals surface area (Å²) < 4.78 is 11.3. The van der Waals surface area contributed by atoms with Gasteiger partial charge in [0.1, 0.15) is 5.69 Å². The number of nitrogens with zero attached hydrogens (tertiary/aromatic N) is 3. The van der Waals surface area contributed by atoms with Crippen LogP contribution >= 0.6 is 15.9 Å². The van der Waals surface area contributed by atoms with Crippen molar-refractivity contribution in [1.29, 1.82) is 0 Å². The number of benzene rings is 2. The topological polar surface area (TPSA) is 125 Å². The van der Waals surface area contributed by atoms with Gasteiger partial charge in [-0.05, 0) is 42.5 Å². The molecule has 0 saturated heterocycles. The third-order valence-corrected chi connectivity index (χ3v) is 4.94. The maximum atomic E-state index is 12.4. The Kier molecular flexibility index (Phi) is 5.23. The molecule has 0 bridgehead atoms. The number of hydrogen-bond acceptors (Lipinski definition) is 6. The lowest BCUT2D eigenvalue weighted by molar-refractivity contribution is 0.0990. The van der Waals surface area contributed by atoms with E-state index in [-0.39, 0.29) is 17.3 Å². The molecule has 3 N–H and O–H groups in total. The fourth-order valence-electron chi connectivity index (χ4n) is 2.96. The van der Waals surface area contributed by atoms with Crippen molar-refractivity contribution in [3.05, 3.63) is 52.6 Å². The smallest absolute Gasteiger partial charge is 0.313 e. The Morgan fingerprint density at radius 1 is 1.10 bits per heavy atom. The van der Waals surface area contributed by atoms with Crippen LogP contribution < -0.4 is 9.47 Å². The van der Waals surface area contributed by atoms with Gasteiger partial charge in [-0.3, -0.25) is 9.89 Å². The molecule has 2 aromatic heterocycles. The summed E-state index contributed by atoms with van der Waals surface area (Å²) in [7, 11) is 3.10. The first-order valence-electron chi connectivity index (χ1n) is 8.74. The second kappa shape index (κ2) is 7.99. The van der Waals surface area contributed by atoms with E-state index >= 15 is 0 Å². The van der Waals surface area contributed by atoms with Crippen molar-refractivity contribution in [2.24, 2.45) is 10.2 Å². The summed E-state index contributed by atoms with van der Waals surface area (Å²) in [6.07, 6.45) is 0. The number of nitrogens with one attached hydrogen (secondary N) is 2. The lowest BCUT2D eigenvalue weighted by Gasteiger charge is -2.08. The molecule has 152 valence electrons. The summed E-state index contributed by atoms with van der Waals surface area (Å²) in [6.45, 7) is 0. The summed E-state index contributed by atoms with van der Waals surface area (Å²) in [5.74, 6) is 0.340. The predicted molar refractivity (Wildman–Crippen MR) is 114 cm³/mol. The molecule has 0 atom stereocenters. The van der Waals surface area contributed by atoms with Crippen molar-refractivity contribution >= 4 is 38.4 Å². The van der Waals surface area contributed by atoms with Crippen LogP contribution in [0.25, 0.3) is 22.2 Å². The third kappa shape index (κ3) is 3.64. The molecule has 0 aliphatic carbocycles. The summed E-state index contributed by atoms with van der Waals surface area (Å²) in [6, 6.07) is 12.3. The summed E-state index contributed by atoms with van der Waals surface area (Å²) in [5, 5.41) is 25.2. The predicted octanol–water partition coefficient (Wildman–Crippen LogP) is 4.97. The van der Waals surface area contributed by atoms with Crippen molar-refractivity contribution in [3.8, 4) is 28.6 Å². The van der Waals surface area contributed by atoms with Crippen molar-refractivity contribution in [2.45, 2.75) is 0 Å². The molecule has 0 saturated carbocycles. The monoisotopic (exact) mass is 469 g/mol. The number of halogens is 1. The molecular formula is C20H16BrN5O4. The van der Waals surface area contributed by atoms with Crippen LogP contribution in [-0.2, 0) is 0 Å². The zero-order valence-electron chi connectivity index (χ0n) is 15.9. The van der Waals surface area contributed by atoms with Crippen LogP contribution in [0.3, 0.4) is 0 Å². The van der Waals surface area contributed by atoms with E-state index < -0.39 is 5.91 Å². The Balaban J connectivity index is 1.60. The van der Waals surface area contributed by atoms with E-state index in [1.807, 2.05) is 6.07 Å². The van der Waals surface area contributed by atoms with Crippen LogP contribution in [0.15, 0.2) is 57.2 Å². The van der Waals surface area contributed by atoms with Crippen molar-refractivity contribution in [1.82, 2.24) is 15.2 Å². The van der Waals surface area contributed by atoms with E-state index in [0.717, 1.165) is 10.0 Å². The zero-order chi connectivity index (χ0) is 21.3. The third-order valence-electron chi connectivity index (χ3n) is 4.44. The molecule has 4 aromatic rings. The normalized spacial score (nSPS) is 11.3. The molecule has 0 fully saturated rings. The number of H-pyrrole nitrogens is 2. The van der Waals surface area contributed by atoms with E-state index in [4.69, 9.17) is 9.47 Å². The highest BCUT2D eigenvalue weighted by Crippen LogP contribution is 2.37. The second-order valence-electron chi connectivity index (χ2n) is 6.25. The minimum absolute atomic E-state index is 0.157. The first-order valence-corrected chi connectivity index (χ1v) is 9.53. The van der Waals surface area contributed by atoms with Gasteiger partial charge in [0.05, 0.1) is 25.4 Å². The van der Waals surface area contributed by atoms with Gasteiger partial charge in [-0.2, -0.15) is 5.10 Å². The largest absolute Gasteiger partial charge is 0.493 e. The molecular weight excluding hydrogens is 454 g/mol. The summed E-state index contributed by atoms with van der Waals surface area (Å²) in [5.41, 5.74) is 2.28. The van der Waals surface area contributed by atoms with Crippen molar-refractivity contribution in [2.75, 3.05) is 14.2 Å². The number of aromatic nitrogens is 3. The number of azo groups is 1. The number of carbonyl (C=O) groups is 1. The van der Waals surface area contributed by atoms with Crippen LogP contribution in [0.1, 0.15) is 10.5 Å². The quantitative estimate of drug-likeness (QED) is 0.356. The molecule has 0 unspecified atom stereocenters. The van der Waals surface area contributed by atoms with Crippen LogP contribution in [-0.4, -0.2) is 40.4 Å². The number of hydrogen-bond donors (Lipinski definition) is 3. The lowest BCUT2D eigenvalue weighted by atomic mass is 10.1. The Morgan fingerprint density at radius 2 is 1.90 bits per heavy atom. The minimum Gasteiger partial charge on any atom is -0.493 e. The highest BCUT2D eigenvalue weighted by molar-refractivity contribution is 9.10. The molecule has 10 heteroatoms. The van der Waals surface area contributed by atoms with E-state index in [1.165, 1.54) is 0 Å². The minimum atomic E-state index is -0.627. The van der Waals surface area contributed by atoms with E-state index in [2.05, 4.69) is 41.3 Å². The van der Waals surface area contributed by atoms with Crippen LogP contribution in [0.2, 0.25) is 0 Å². The first-order chi connectivity index (χ1) is 14.5. The molecule has 1 amide bonds. The van der Waals surface area contributed by atoms with Gasteiger partial charge < -0.3 is 19.6 Å². The van der Waals surface area contributed by atoms with Gasteiger partial charge in [0.15, 0.2) is 17.2 Å². The van der Waals surface area contributed by atoms with Gasteiger partial charge in [-0.25, -0.2) is 0 Å². The number of amides is 1. The van der Waals surface area contributed by atoms with Gasteiger partial charge in [-0.1, -0.05) is 15.9 Å². The molecule has 9 nitrogen and oxygen atoms in total. The fraction of sp³-hybridized carbons (Fsp3) is 0.100. The summed E-state index contributed by atoms with van der Waals surface area (Å²) in [4.78, 5) is 15.2. The van der Waals surface area contributed by atoms with Gasteiger partial charge >= 0.3 is 5.91 Å². The number of carbonyl (C=O) groups excluding carboxylic acids is 1. The van der Waals surface area contributed by atoms with Crippen LogP contribution in [0, 0.1) is 0 Å². The average Bonchev–Trinajstić information content (AvgIpc) is 3.36. The maximum absolute atomic E-state index is 12.4. The Hall–Kier alpha value is -3.66. The summed E-state index contributed by atoms with van der Waals surface area (Å²) >= 11 is 3.37. The van der Waals surface area contributed by atoms with Crippen LogP contribution in [0.4, 0.5) is 5.69 Å². The fourth-order valence-corrected chi connectivity index (χ4v) is 3.32. The molecule has 2 heterocycles. The zero-order valence-corrected chi connectivity index (χ0v) is 17.5. The van der Waals surface area contributed by atoms with Gasteiger partial charge in [0.2, 0.25) is 5.88 Å². The first kappa shape index (κ1) is 19.6. The highest BCUT2D eigenvalue weighted by atomic mass is 79.9. The molecule has 4 rings (SSSR count). The molecule has 0 radical (unpaired) electrons.